The maximum absolute atomic E-state index is 13.6. The van der Waals surface area contributed by atoms with E-state index in [1.54, 1.807) is 28.2 Å². The Morgan fingerprint density at radius 1 is 0.929 bits per heavy atom. The molecular weight excluding hydrogens is 548 g/mol. The van der Waals surface area contributed by atoms with Crippen molar-refractivity contribution < 1.29 is 19.2 Å². The SMILES string of the molecule is CNC(=O)CN1CCN(C(=O)CC2CCC(NC(=O)Cc3sc4ccccc4c3C)CC2)[C@@H](Cc2ccccc2)C1=O. The van der Waals surface area contributed by atoms with E-state index in [1.165, 1.54) is 15.6 Å². The third-order valence-electron chi connectivity index (χ3n) is 8.73. The first-order chi connectivity index (χ1) is 20.3. The van der Waals surface area contributed by atoms with Gasteiger partial charge in [0.2, 0.25) is 23.6 Å². The van der Waals surface area contributed by atoms with Gasteiger partial charge in [-0.25, -0.2) is 0 Å². The fourth-order valence-corrected chi connectivity index (χ4v) is 7.48. The molecule has 0 unspecified atom stereocenters. The average Bonchev–Trinajstić information content (AvgIpc) is 3.31. The van der Waals surface area contributed by atoms with Crippen LogP contribution in [0.2, 0.25) is 0 Å². The van der Waals surface area contributed by atoms with Crippen LogP contribution in [0.4, 0.5) is 0 Å². The zero-order valence-electron chi connectivity index (χ0n) is 24.4. The van der Waals surface area contributed by atoms with E-state index in [0.29, 0.717) is 32.4 Å². The number of carbonyl (C=O) groups excluding carboxylic acids is 4. The highest BCUT2D eigenvalue weighted by atomic mass is 32.1. The van der Waals surface area contributed by atoms with E-state index >= 15 is 0 Å². The lowest BCUT2D eigenvalue weighted by atomic mass is 9.83. The van der Waals surface area contributed by atoms with E-state index in [2.05, 4.69) is 29.7 Å². The van der Waals surface area contributed by atoms with Crippen molar-refractivity contribution in [3.05, 3.63) is 70.6 Å². The van der Waals surface area contributed by atoms with Crippen LogP contribution in [0.25, 0.3) is 10.1 Å². The topological polar surface area (TPSA) is 98.8 Å². The number of piperazine rings is 1. The molecule has 222 valence electrons. The van der Waals surface area contributed by atoms with E-state index in [1.807, 2.05) is 42.5 Å². The van der Waals surface area contributed by atoms with Crippen LogP contribution in [0, 0.1) is 12.8 Å². The van der Waals surface area contributed by atoms with Gasteiger partial charge in [-0.1, -0.05) is 48.5 Å². The van der Waals surface area contributed by atoms with Gasteiger partial charge in [-0.2, -0.15) is 0 Å². The molecule has 1 atom stereocenters. The number of hydrogen-bond acceptors (Lipinski definition) is 5. The second-order valence-corrected chi connectivity index (χ2v) is 12.7. The van der Waals surface area contributed by atoms with Crippen LogP contribution in [-0.2, 0) is 32.0 Å². The summed E-state index contributed by atoms with van der Waals surface area (Å²) in [5, 5.41) is 7.03. The molecule has 2 heterocycles. The summed E-state index contributed by atoms with van der Waals surface area (Å²) in [5.74, 6) is -0.115. The van der Waals surface area contributed by atoms with Gasteiger partial charge in [0.15, 0.2) is 0 Å². The van der Waals surface area contributed by atoms with Gasteiger partial charge in [-0.05, 0) is 61.1 Å². The van der Waals surface area contributed by atoms with Gasteiger partial charge in [0.25, 0.3) is 0 Å². The molecule has 9 heteroatoms. The summed E-state index contributed by atoms with van der Waals surface area (Å²) in [6.07, 6.45) is 4.65. The molecule has 2 aliphatic rings. The zero-order chi connectivity index (χ0) is 29.6. The molecule has 8 nitrogen and oxygen atoms in total. The monoisotopic (exact) mass is 588 g/mol. The van der Waals surface area contributed by atoms with Crippen LogP contribution in [0.3, 0.4) is 0 Å². The smallest absolute Gasteiger partial charge is 0.246 e. The number of nitrogens with zero attached hydrogens (tertiary/aromatic N) is 2. The van der Waals surface area contributed by atoms with Gasteiger partial charge in [-0.3, -0.25) is 19.2 Å². The van der Waals surface area contributed by atoms with Crippen molar-refractivity contribution in [3.63, 3.8) is 0 Å². The Morgan fingerprint density at radius 2 is 1.64 bits per heavy atom. The molecule has 4 amide bonds. The number of hydrogen-bond donors (Lipinski definition) is 2. The van der Waals surface area contributed by atoms with E-state index in [9.17, 15) is 19.2 Å². The van der Waals surface area contributed by atoms with Gasteiger partial charge < -0.3 is 20.4 Å². The van der Waals surface area contributed by atoms with Gasteiger partial charge in [0.1, 0.15) is 6.04 Å². The first kappa shape index (κ1) is 29.8. The van der Waals surface area contributed by atoms with E-state index in [0.717, 1.165) is 36.1 Å². The van der Waals surface area contributed by atoms with Crippen molar-refractivity contribution >= 4 is 45.1 Å². The Hall–Kier alpha value is -3.72. The Morgan fingerprint density at radius 3 is 2.36 bits per heavy atom. The average molecular weight is 589 g/mol. The first-order valence-corrected chi connectivity index (χ1v) is 15.7. The molecule has 1 saturated carbocycles. The fourth-order valence-electron chi connectivity index (χ4n) is 6.27. The van der Waals surface area contributed by atoms with Crippen molar-refractivity contribution in [2.45, 2.75) is 64.0 Å². The molecular formula is C33H40N4O4S. The molecule has 2 fully saturated rings. The summed E-state index contributed by atoms with van der Waals surface area (Å²) in [4.78, 5) is 56.3. The Kier molecular flexibility index (Phi) is 9.57. The molecule has 1 saturated heterocycles. The summed E-state index contributed by atoms with van der Waals surface area (Å²) in [7, 11) is 1.56. The van der Waals surface area contributed by atoms with Crippen LogP contribution >= 0.6 is 11.3 Å². The molecule has 2 N–H and O–H groups in total. The Bertz CT molecular complexity index is 1430. The first-order valence-electron chi connectivity index (χ1n) is 14.9. The van der Waals surface area contributed by atoms with E-state index in [4.69, 9.17) is 0 Å². The summed E-state index contributed by atoms with van der Waals surface area (Å²) >= 11 is 1.69. The lowest BCUT2D eigenvalue weighted by Crippen LogP contribution is -2.60. The highest BCUT2D eigenvalue weighted by molar-refractivity contribution is 7.19. The second kappa shape index (κ2) is 13.5. The van der Waals surface area contributed by atoms with Gasteiger partial charge in [0, 0.05) is 48.6 Å². The van der Waals surface area contributed by atoms with Gasteiger partial charge in [-0.15, -0.1) is 11.3 Å². The van der Waals surface area contributed by atoms with Crippen molar-refractivity contribution in [2.75, 3.05) is 26.7 Å². The van der Waals surface area contributed by atoms with Crippen molar-refractivity contribution in [2.24, 2.45) is 5.92 Å². The number of likely N-dealkylation sites (N-methyl/N-ethyl adjacent to an activating group) is 1. The minimum absolute atomic E-state index is 0.000855. The number of thiophene rings is 1. The largest absolute Gasteiger partial charge is 0.358 e. The molecule has 0 bridgehead atoms. The van der Waals surface area contributed by atoms with Crippen LogP contribution in [0.15, 0.2) is 54.6 Å². The quantitative estimate of drug-likeness (QED) is 0.397. The lowest BCUT2D eigenvalue weighted by Gasteiger charge is -2.41. The van der Waals surface area contributed by atoms with Crippen molar-refractivity contribution in [1.82, 2.24) is 20.4 Å². The third-order valence-corrected chi connectivity index (χ3v) is 10.0. The fraction of sp³-hybridized carbons (Fsp3) is 0.455. The van der Waals surface area contributed by atoms with E-state index < -0.39 is 6.04 Å². The van der Waals surface area contributed by atoms with Crippen LogP contribution in [0.5, 0.6) is 0 Å². The number of nitrogens with one attached hydrogen (secondary N) is 2. The number of rotatable bonds is 9. The molecule has 0 spiro atoms. The molecule has 5 rings (SSSR count). The maximum atomic E-state index is 13.6. The highest BCUT2D eigenvalue weighted by Crippen LogP contribution is 2.32. The van der Waals surface area contributed by atoms with Crippen LogP contribution in [-0.4, -0.2) is 72.2 Å². The summed E-state index contributed by atoms with van der Waals surface area (Å²) in [5.41, 5.74) is 2.17. The van der Waals surface area contributed by atoms with Gasteiger partial charge in [0.05, 0.1) is 13.0 Å². The summed E-state index contributed by atoms with van der Waals surface area (Å²) < 4.78 is 1.21. The molecule has 3 aromatic rings. The number of aryl methyl sites for hydroxylation is 1. The van der Waals surface area contributed by atoms with Crippen LogP contribution < -0.4 is 10.6 Å². The molecule has 1 aromatic heterocycles. The molecule has 42 heavy (non-hydrogen) atoms. The van der Waals surface area contributed by atoms with Crippen molar-refractivity contribution in [1.29, 1.82) is 0 Å². The van der Waals surface area contributed by atoms with Crippen molar-refractivity contribution in [3.8, 4) is 0 Å². The predicted octanol–water partition coefficient (Wildman–Crippen LogP) is 3.85. The minimum Gasteiger partial charge on any atom is -0.358 e. The maximum Gasteiger partial charge on any atom is 0.246 e. The van der Waals surface area contributed by atoms with Gasteiger partial charge >= 0.3 is 0 Å². The number of fused-ring (bicyclic) bond motifs is 1. The summed E-state index contributed by atoms with van der Waals surface area (Å²) in [6, 6.07) is 17.5. The Balaban J connectivity index is 1.14. The third kappa shape index (κ3) is 7.01. The lowest BCUT2D eigenvalue weighted by molar-refractivity contribution is -0.153. The molecule has 2 aromatic carbocycles. The molecule has 0 radical (unpaired) electrons. The number of carbonyl (C=O) groups is 4. The molecule has 1 aliphatic heterocycles. The minimum atomic E-state index is -0.619. The highest BCUT2D eigenvalue weighted by Gasteiger charge is 2.38. The second-order valence-electron chi connectivity index (χ2n) is 11.5. The van der Waals surface area contributed by atoms with Crippen LogP contribution in [0.1, 0.15) is 48.1 Å². The zero-order valence-corrected chi connectivity index (χ0v) is 25.3. The summed E-state index contributed by atoms with van der Waals surface area (Å²) in [6.45, 7) is 2.85. The number of amides is 4. The standard InChI is InChI=1S/C33H40N4O4S/c1-22-26-10-6-7-11-28(26)42-29(22)20-30(38)35-25-14-12-24(13-15-25)19-32(40)37-17-16-36(21-31(39)34-2)33(41)27(37)18-23-8-4-3-5-9-23/h3-11,24-25,27H,12-21H2,1-2H3,(H,34,39)(H,35,38)/t24?,25?,27-/m0/s1. The molecule has 1 aliphatic carbocycles. The normalized spacial score (nSPS) is 20.9. The van der Waals surface area contributed by atoms with E-state index in [-0.39, 0.29) is 42.1 Å². The predicted molar refractivity (Wildman–Crippen MR) is 165 cm³/mol. The number of benzene rings is 2. The Labute approximate surface area is 251 Å².